The van der Waals surface area contributed by atoms with E-state index in [-0.39, 0.29) is 12.3 Å². The number of aliphatic carboxylic acids is 1. The molecular formula is C30H35NO5. The van der Waals surface area contributed by atoms with Crippen molar-refractivity contribution in [3.63, 3.8) is 0 Å². The van der Waals surface area contributed by atoms with Crippen molar-refractivity contribution in [3.05, 3.63) is 71.4 Å². The van der Waals surface area contributed by atoms with E-state index in [1.807, 2.05) is 36.4 Å². The third-order valence-corrected chi connectivity index (χ3v) is 6.56. The summed E-state index contributed by atoms with van der Waals surface area (Å²) in [6.45, 7) is 4.76. The fourth-order valence-electron chi connectivity index (χ4n) is 4.69. The second-order valence-corrected chi connectivity index (χ2v) is 9.95. The van der Waals surface area contributed by atoms with Gasteiger partial charge in [-0.1, -0.05) is 38.1 Å². The monoisotopic (exact) mass is 489 g/mol. The van der Waals surface area contributed by atoms with E-state index in [1.54, 1.807) is 20.4 Å². The molecule has 0 aliphatic heterocycles. The molecule has 0 spiro atoms. The highest BCUT2D eigenvalue weighted by Gasteiger charge is 2.33. The van der Waals surface area contributed by atoms with E-state index in [2.05, 4.69) is 26.0 Å². The van der Waals surface area contributed by atoms with Crippen LogP contribution in [0.15, 0.2) is 54.7 Å². The first-order valence-electron chi connectivity index (χ1n) is 12.5. The summed E-state index contributed by atoms with van der Waals surface area (Å²) in [5.41, 5.74) is 5.03. The predicted octanol–water partition coefficient (Wildman–Crippen LogP) is 6.51. The Balaban J connectivity index is 1.55. The quantitative estimate of drug-likeness (QED) is 0.312. The zero-order valence-electron chi connectivity index (χ0n) is 21.5. The Morgan fingerprint density at radius 2 is 1.75 bits per heavy atom. The number of carbonyl (C=O) groups is 1. The Morgan fingerprint density at radius 1 is 1.03 bits per heavy atom. The predicted molar refractivity (Wildman–Crippen MR) is 140 cm³/mol. The number of carboxylic acid groups (broad SMARTS) is 1. The molecule has 1 aliphatic carbocycles. The zero-order valence-corrected chi connectivity index (χ0v) is 21.5. The molecule has 1 unspecified atom stereocenters. The topological polar surface area (TPSA) is 77.9 Å². The number of rotatable bonds is 12. The average Bonchev–Trinajstić information content (AvgIpc) is 3.71. The molecule has 0 amide bonds. The van der Waals surface area contributed by atoms with E-state index < -0.39 is 5.97 Å². The van der Waals surface area contributed by atoms with Crippen LogP contribution in [0.25, 0.3) is 11.3 Å². The van der Waals surface area contributed by atoms with Gasteiger partial charge in [-0.2, -0.15) is 0 Å². The Bertz CT molecular complexity index is 1180. The lowest BCUT2D eigenvalue weighted by Gasteiger charge is -2.17. The van der Waals surface area contributed by atoms with Crippen molar-refractivity contribution in [1.82, 2.24) is 4.98 Å². The van der Waals surface area contributed by atoms with Crippen LogP contribution in [0, 0.1) is 11.8 Å². The number of hydrogen-bond donors (Lipinski definition) is 1. The van der Waals surface area contributed by atoms with Gasteiger partial charge in [0.1, 0.15) is 23.9 Å². The van der Waals surface area contributed by atoms with Crippen molar-refractivity contribution < 1.29 is 24.1 Å². The van der Waals surface area contributed by atoms with Crippen LogP contribution in [0.4, 0.5) is 0 Å². The number of ether oxygens (including phenoxy) is 3. The van der Waals surface area contributed by atoms with Gasteiger partial charge >= 0.3 is 5.97 Å². The van der Waals surface area contributed by atoms with Crippen LogP contribution in [0.1, 0.15) is 55.7 Å². The molecule has 1 aromatic heterocycles. The summed E-state index contributed by atoms with van der Waals surface area (Å²) in [5.74, 6) is 2.39. The van der Waals surface area contributed by atoms with E-state index in [9.17, 15) is 9.90 Å². The first-order chi connectivity index (χ1) is 17.4. The SMILES string of the molecule is COc1cc(OC)cc(-c2ncc(OCc3cccc(C(CC(=O)O)C4CC4)c3)cc2CC(C)C)c1. The van der Waals surface area contributed by atoms with Gasteiger partial charge in [0.2, 0.25) is 0 Å². The highest BCUT2D eigenvalue weighted by Crippen LogP contribution is 2.44. The average molecular weight is 490 g/mol. The molecule has 1 aliphatic rings. The highest BCUT2D eigenvalue weighted by atomic mass is 16.5. The van der Waals surface area contributed by atoms with Crippen LogP contribution in [-0.2, 0) is 17.8 Å². The molecule has 4 rings (SSSR count). The van der Waals surface area contributed by atoms with Crippen molar-refractivity contribution in [3.8, 4) is 28.5 Å². The van der Waals surface area contributed by atoms with Gasteiger partial charge in [-0.15, -0.1) is 0 Å². The van der Waals surface area contributed by atoms with E-state index in [0.717, 1.165) is 47.2 Å². The number of aromatic nitrogens is 1. The van der Waals surface area contributed by atoms with Crippen molar-refractivity contribution in [2.45, 2.75) is 52.1 Å². The summed E-state index contributed by atoms with van der Waals surface area (Å²) in [5, 5.41) is 9.35. The molecule has 1 fully saturated rings. The lowest BCUT2D eigenvalue weighted by Crippen LogP contribution is -2.09. The van der Waals surface area contributed by atoms with Crippen molar-refractivity contribution in [1.29, 1.82) is 0 Å². The first kappa shape index (κ1) is 25.5. The van der Waals surface area contributed by atoms with Crippen molar-refractivity contribution in [2.24, 2.45) is 11.8 Å². The van der Waals surface area contributed by atoms with Gasteiger partial charge in [0.05, 0.1) is 32.5 Å². The van der Waals surface area contributed by atoms with Crippen LogP contribution in [0.3, 0.4) is 0 Å². The van der Waals surface area contributed by atoms with Gasteiger partial charge in [0, 0.05) is 11.6 Å². The molecule has 0 bridgehead atoms. The molecule has 0 radical (unpaired) electrons. The van der Waals surface area contributed by atoms with Gasteiger partial charge in [-0.05, 0) is 71.9 Å². The van der Waals surface area contributed by atoms with Gasteiger partial charge in [0.25, 0.3) is 0 Å². The summed E-state index contributed by atoms with van der Waals surface area (Å²) in [6.07, 6.45) is 5.00. The zero-order chi connectivity index (χ0) is 25.7. The second-order valence-electron chi connectivity index (χ2n) is 9.95. The van der Waals surface area contributed by atoms with E-state index >= 15 is 0 Å². The lowest BCUT2D eigenvalue weighted by molar-refractivity contribution is -0.137. The highest BCUT2D eigenvalue weighted by molar-refractivity contribution is 5.68. The van der Waals surface area contributed by atoms with Crippen LogP contribution in [-0.4, -0.2) is 30.3 Å². The van der Waals surface area contributed by atoms with Crippen LogP contribution >= 0.6 is 0 Å². The summed E-state index contributed by atoms with van der Waals surface area (Å²) >= 11 is 0. The van der Waals surface area contributed by atoms with Gasteiger partial charge < -0.3 is 19.3 Å². The summed E-state index contributed by atoms with van der Waals surface area (Å²) in [6, 6.07) is 16.0. The Kier molecular flexibility index (Phi) is 8.14. The maximum absolute atomic E-state index is 11.4. The Labute approximate surface area is 213 Å². The molecule has 1 N–H and O–H groups in total. The number of nitrogens with zero attached hydrogens (tertiary/aromatic N) is 1. The number of carboxylic acids is 1. The standard InChI is InChI=1S/C30H35NO5/c1-19(2)10-23-14-27(17-31-30(23)24-12-25(34-3)15-26(13-24)35-4)36-18-20-6-5-7-22(11-20)28(16-29(32)33)21-8-9-21/h5-7,11-15,17,19,21,28H,8-10,16,18H2,1-4H3,(H,32,33). The molecular weight excluding hydrogens is 454 g/mol. The maximum atomic E-state index is 11.4. The number of benzene rings is 2. The van der Waals surface area contributed by atoms with E-state index in [4.69, 9.17) is 19.2 Å². The van der Waals surface area contributed by atoms with Crippen molar-refractivity contribution in [2.75, 3.05) is 14.2 Å². The molecule has 2 aromatic carbocycles. The fourth-order valence-corrected chi connectivity index (χ4v) is 4.69. The Hall–Kier alpha value is -3.54. The minimum atomic E-state index is -0.744. The smallest absolute Gasteiger partial charge is 0.303 e. The first-order valence-corrected chi connectivity index (χ1v) is 12.5. The van der Waals surface area contributed by atoms with Crippen molar-refractivity contribution >= 4 is 5.97 Å². The summed E-state index contributed by atoms with van der Waals surface area (Å²) in [4.78, 5) is 16.1. The molecule has 1 saturated carbocycles. The molecule has 1 atom stereocenters. The van der Waals surface area contributed by atoms with Crippen LogP contribution in [0.5, 0.6) is 17.2 Å². The third-order valence-electron chi connectivity index (χ3n) is 6.56. The van der Waals surface area contributed by atoms with Crippen LogP contribution in [0.2, 0.25) is 0 Å². The fraction of sp³-hybridized carbons (Fsp3) is 0.400. The van der Waals surface area contributed by atoms with Gasteiger partial charge in [0.15, 0.2) is 0 Å². The largest absolute Gasteiger partial charge is 0.497 e. The maximum Gasteiger partial charge on any atom is 0.303 e. The minimum Gasteiger partial charge on any atom is -0.497 e. The molecule has 190 valence electrons. The number of pyridine rings is 1. The van der Waals surface area contributed by atoms with E-state index in [0.29, 0.717) is 35.7 Å². The molecule has 3 aromatic rings. The second kappa shape index (κ2) is 11.5. The van der Waals surface area contributed by atoms with Gasteiger partial charge in [-0.25, -0.2) is 0 Å². The third kappa shape index (κ3) is 6.56. The normalized spacial score (nSPS) is 13.9. The number of methoxy groups -OCH3 is 2. The molecule has 36 heavy (non-hydrogen) atoms. The lowest BCUT2D eigenvalue weighted by atomic mass is 9.90. The number of hydrogen-bond acceptors (Lipinski definition) is 5. The van der Waals surface area contributed by atoms with E-state index in [1.165, 1.54) is 0 Å². The molecule has 1 heterocycles. The minimum absolute atomic E-state index is 0.0703. The molecule has 0 saturated heterocycles. The van der Waals surface area contributed by atoms with Gasteiger partial charge in [-0.3, -0.25) is 9.78 Å². The summed E-state index contributed by atoms with van der Waals surface area (Å²) in [7, 11) is 3.28. The molecule has 6 heteroatoms. The summed E-state index contributed by atoms with van der Waals surface area (Å²) < 4.78 is 17.1. The molecule has 6 nitrogen and oxygen atoms in total. The van der Waals surface area contributed by atoms with Crippen LogP contribution < -0.4 is 14.2 Å². The Morgan fingerprint density at radius 3 is 2.36 bits per heavy atom.